The largest absolute Gasteiger partial charge is 0.488 e. The summed E-state index contributed by atoms with van der Waals surface area (Å²) >= 11 is 0. The molecule has 2 aliphatic heterocycles. The number of ether oxygens (including phenoxy) is 2. The van der Waals surface area contributed by atoms with Gasteiger partial charge in [-0.2, -0.15) is 26.3 Å². The zero-order valence-corrected chi connectivity index (χ0v) is 37.2. The van der Waals surface area contributed by atoms with E-state index < -0.39 is 72.8 Å². The van der Waals surface area contributed by atoms with Gasteiger partial charge in [0.15, 0.2) is 31.2 Å². The van der Waals surface area contributed by atoms with Gasteiger partial charge in [0.05, 0.1) is 67.0 Å². The zero-order chi connectivity index (χ0) is 47.3. The number of ketones is 1. The Morgan fingerprint density at radius 3 is 1.06 bits per heavy atom. The first-order chi connectivity index (χ1) is 29.6. The molecule has 2 aliphatic rings. The van der Waals surface area contributed by atoms with Crippen molar-refractivity contribution in [1.29, 1.82) is 0 Å². The van der Waals surface area contributed by atoms with Crippen molar-refractivity contribution in [3.05, 3.63) is 94.6 Å². The third-order valence-electron chi connectivity index (χ3n) is 10.6. The van der Waals surface area contributed by atoms with Crippen molar-refractivity contribution < 1.29 is 66.2 Å². The van der Waals surface area contributed by atoms with Gasteiger partial charge < -0.3 is 29.1 Å². The van der Waals surface area contributed by atoms with E-state index in [2.05, 4.69) is 0 Å². The highest BCUT2D eigenvalue weighted by Gasteiger charge is 2.36. The van der Waals surface area contributed by atoms with Crippen LogP contribution in [0.1, 0.15) is 54.7 Å². The normalized spacial score (nSPS) is 15.6. The Morgan fingerprint density at radius 1 is 0.516 bits per heavy atom. The molecule has 0 spiro atoms. The fourth-order valence-corrected chi connectivity index (χ4v) is 8.85. The standard InChI is InChI=1S/C43H46F8N4O7S2/c1-25(2)61-40-31(21-29(63(5,57)58)23-37(40)54-15-11-52(12-16-54)35-9-7-27(19-33(35)44)42(46,47)48)39(56)32-22-30(64(6,59)60)24-38(41(32)62-26(3)4)55-17-13-53(14-18-55)36-10-8-28(20-34(36)45)43(49,50)51/h7-10,19-26H,11-18H2,1-6H3. The number of alkyl halides is 6. The number of carbonyl (C=O) groups is 1. The quantitative estimate of drug-likeness (QED) is 0.101. The summed E-state index contributed by atoms with van der Waals surface area (Å²) in [6, 6.07) is 9.34. The number of carbonyl (C=O) groups excluding carboxylic acids is 1. The lowest BCUT2D eigenvalue weighted by molar-refractivity contribution is -0.138. The van der Waals surface area contributed by atoms with Crippen LogP contribution in [0.4, 0.5) is 57.9 Å². The number of anilines is 4. The second-order valence-corrected chi connectivity index (χ2v) is 20.2. The van der Waals surface area contributed by atoms with E-state index in [1.54, 1.807) is 37.5 Å². The molecule has 4 aromatic rings. The van der Waals surface area contributed by atoms with Crippen LogP contribution in [0.3, 0.4) is 0 Å². The maximum absolute atomic E-state index is 15.2. The number of hydrogen-bond donors (Lipinski definition) is 0. The van der Waals surface area contributed by atoms with Crippen molar-refractivity contribution in [3.8, 4) is 11.5 Å². The van der Waals surface area contributed by atoms with Crippen LogP contribution >= 0.6 is 0 Å². The van der Waals surface area contributed by atoms with Crippen molar-refractivity contribution in [1.82, 2.24) is 0 Å². The zero-order valence-electron chi connectivity index (χ0n) is 35.6. The third-order valence-corrected chi connectivity index (χ3v) is 12.8. The van der Waals surface area contributed by atoms with Gasteiger partial charge in [0.25, 0.3) is 0 Å². The predicted molar refractivity (Wildman–Crippen MR) is 226 cm³/mol. The fraction of sp³-hybridized carbons (Fsp3) is 0.419. The Balaban J connectivity index is 1.42. The van der Waals surface area contributed by atoms with E-state index >= 15 is 13.6 Å². The summed E-state index contributed by atoms with van der Waals surface area (Å²) in [5.74, 6) is -3.15. The van der Waals surface area contributed by atoms with Crippen LogP contribution in [0.2, 0.25) is 0 Å². The highest BCUT2D eigenvalue weighted by Crippen LogP contribution is 2.43. The van der Waals surface area contributed by atoms with Crippen molar-refractivity contribution in [2.24, 2.45) is 0 Å². The average molecular weight is 947 g/mol. The molecule has 0 aliphatic carbocycles. The lowest BCUT2D eigenvalue weighted by atomic mass is 9.98. The van der Waals surface area contributed by atoms with Crippen LogP contribution in [0.15, 0.2) is 70.5 Å². The van der Waals surface area contributed by atoms with E-state index in [9.17, 15) is 43.2 Å². The number of piperazine rings is 2. The monoisotopic (exact) mass is 946 g/mol. The van der Waals surface area contributed by atoms with Gasteiger partial charge in [0.1, 0.15) is 11.6 Å². The Kier molecular flexibility index (Phi) is 13.5. The first kappa shape index (κ1) is 48.2. The Bertz CT molecular complexity index is 2460. The van der Waals surface area contributed by atoms with Gasteiger partial charge in [-0.1, -0.05) is 0 Å². The molecule has 2 saturated heterocycles. The van der Waals surface area contributed by atoms with Gasteiger partial charge in [-0.3, -0.25) is 4.79 Å². The van der Waals surface area contributed by atoms with E-state index in [0.717, 1.165) is 48.9 Å². The molecule has 21 heteroatoms. The van der Waals surface area contributed by atoms with E-state index in [1.165, 1.54) is 21.9 Å². The van der Waals surface area contributed by atoms with Crippen LogP contribution < -0.4 is 29.1 Å². The number of sulfone groups is 2. The molecule has 0 N–H and O–H groups in total. The molecular formula is C43H46F8N4O7S2. The minimum absolute atomic E-state index is 0.0597. The Morgan fingerprint density at radius 2 is 0.812 bits per heavy atom. The number of halogens is 8. The first-order valence-corrected chi connectivity index (χ1v) is 23.8. The van der Waals surface area contributed by atoms with Crippen molar-refractivity contribution in [2.75, 3.05) is 84.5 Å². The summed E-state index contributed by atoms with van der Waals surface area (Å²) in [6.07, 6.45) is -8.85. The average Bonchev–Trinajstić information content (AvgIpc) is 3.19. The minimum Gasteiger partial charge on any atom is -0.488 e. The molecule has 2 heterocycles. The first-order valence-electron chi connectivity index (χ1n) is 20.0. The van der Waals surface area contributed by atoms with E-state index in [0.29, 0.717) is 12.1 Å². The van der Waals surface area contributed by atoms with Gasteiger partial charge in [-0.15, -0.1) is 0 Å². The number of hydrogen-bond acceptors (Lipinski definition) is 11. The summed E-state index contributed by atoms with van der Waals surface area (Å²) in [7, 11) is -8.12. The van der Waals surface area contributed by atoms with Gasteiger partial charge >= 0.3 is 12.4 Å². The van der Waals surface area contributed by atoms with Crippen LogP contribution in [-0.4, -0.2) is 99.7 Å². The van der Waals surface area contributed by atoms with Gasteiger partial charge in [-0.05, 0) is 88.4 Å². The van der Waals surface area contributed by atoms with Gasteiger partial charge in [-0.25, -0.2) is 25.6 Å². The molecule has 0 radical (unpaired) electrons. The lowest BCUT2D eigenvalue weighted by Gasteiger charge is -2.39. The third kappa shape index (κ3) is 10.6. The second-order valence-electron chi connectivity index (χ2n) is 16.1. The molecule has 2 fully saturated rings. The Hall–Kier alpha value is -5.31. The molecule has 4 aromatic carbocycles. The van der Waals surface area contributed by atoms with Crippen molar-refractivity contribution >= 4 is 48.2 Å². The molecule has 0 bridgehead atoms. The Labute approximate surface area is 366 Å². The molecule has 0 amide bonds. The highest BCUT2D eigenvalue weighted by molar-refractivity contribution is 7.91. The maximum atomic E-state index is 15.2. The maximum Gasteiger partial charge on any atom is 0.416 e. The summed E-state index contributed by atoms with van der Waals surface area (Å²) in [6.45, 7) is 7.25. The van der Waals surface area contributed by atoms with Crippen LogP contribution in [0.5, 0.6) is 11.5 Å². The SMILES string of the molecule is CC(C)Oc1c(C(=O)c2cc(S(C)(=O)=O)cc(N3CCN(c4ccc(C(F)(F)F)cc4F)CC3)c2OC(C)C)cc(S(C)(=O)=O)cc1N1CCN(c2ccc(C(F)(F)F)cc2F)CC1. The van der Waals surface area contributed by atoms with Gasteiger partial charge in [0.2, 0.25) is 5.78 Å². The second kappa shape index (κ2) is 17.9. The molecule has 0 saturated carbocycles. The van der Waals surface area contributed by atoms with Crippen molar-refractivity contribution in [3.63, 3.8) is 0 Å². The van der Waals surface area contributed by atoms with E-state index in [1.807, 2.05) is 0 Å². The minimum atomic E-state index is -4.75. The summed E-state index contributed by atoms with van der Waals surface area (Å²) in [5, 5.41) is 0. The number of nitrogens with zero attached hydrogens (tertiary/aromatic N) is 4. The summed E-state index contributed by atoms with van der Waals surface area (Å²) in [4.78, 5) is 21.1. The van der Waals surface area contributed by atoms with Crippen molar-refractivity contribution in [2.45, 2.75) is 62.0 Å². The number of rotatable bonds is 12. The predicted octanol–water partition coefficient (Wildman–Crippen LogP) is 8.27. The van der Waals surface area contributed by atoms with Crippen LogP contribution in [0, 0.1) is 11.6 Å². The smallest absolute Gasteiger partial charge is 0.416 e. The molecular weight excluding hydrogens is 901 g/mol. The topological polar surface area (TPSA) is 117 Å². The fourth-order valence-electron chi connectivity index (χ4n) is 7.53. The highest BCUT2D eigenvalue weighted by atomic mass is 32.2. The molecule has 0 atom stereocenters. The molecule has 0 aromatic heterocycles. The van der Waals surface area contributed by atoms with Gasteiger partial charge in [0, 0.05) is 64.9 Å². The summed E-state index contributed by atoms with van der Waals surface area (Å²) in [5.41, 5.74) is -2.66. The number of benzene rings is 4. The van der Waals surface area contributed by atoms with E-state index in [-0.39, 0.29) is 108 Å². The molecule has 11 nitrogen and oxygen atoms in total. The summed E-state index contributed by atoms with van der Waals surface area (Å²) < 4.78 is 175. The van der Waals surface area contributed by atoms with Crippen LogP contribution in [0.25, 0.3) is 0 Å². The van der Waals surface area contributed by atoms with Crippen LogP contribution in [-0.2, 0) is 32.0 Å². The molecule has 6 rings (SSSR count). The van der Waals surface area contributed by atoms with E-state index in [4.69, 9.17) is 9.47 Å². The molecule has 0 unspecified atom stereocenters. The molecule has 348 valence electrons. The molecule has 64 heavy (non-hydrogen) atoms. The lowest BCUT2D eigenvalue weighted by Crippen LogP contribution is -2.47.